The van der Waals surface area contributed by atoms with E-state index in [4.69, 9.17) is 14.2 Å². The molecule has 0 radical (unpaired) electrons. The van der Waals surface area contributed by atoms with Gasteiger partial charge in [0.25, 0.3) is 0 Å². The van der Waals surface area contributed by atoms with Gasteiger partial charge in [-0.2, -0.15) is 0 Å². The van der Waals surface area contributed by atoms with Gasteiger partial charge in [-0.05, 0) is 18.7 Å². The maximum Gasteiger partial charge on any atom is 0.114 e. The van der Waals surface area contributed by atoms with Crippen molar-refractivity contribution in [2.75, 3.05) is 25.4 Å². The lowest BCUT2D eigenvalue weighted by Gasteiger charge is -2.03. The van der Waals surface area contributed by atoms with Crippen molar-refractivity contribution in [3.05, 3.63) is 48.0 Å². The minimum atomic E-state index is -0.181. The molecular formula is C16H22O3S. The van der Waals surface area contributed by atoms with E-state index in [2.05, 4.69) is 25.1 Å². The second kappa shape index (κ2) is 7.84. The molecular weight excluding hydrogens is 272 g/mol. The van der Waals surface area contributed by atoms with Gasteiger partial charge in [0.1, 0.15) is 11.7 Å². The van der Waals surface area contributed by atoms with Gasteiger partial charge in [0.15, 0.2) is 0 Å². The van der Waals surface area contributed by atoms with E-state index in [9.17, 15) is 0 Å². The van der Waals surface area contributed by atoms with Crippen LogP contribution < -0.4 is 0 Å². The summed E-state index contributed by atoms with van der Waals surface area (Å²) >= 11 is 1.68. The quantitative estimate of drug-likeness (QED) is 0.303. The zero-order valence-electron chi connectivity index (χ0n) is 12.1. The van der Waals surface area contributed by atoms with Crippen LogP contribution in [-0.2, 0) is 20.8 Å². The lowest BCUT2D eigenvalue weighted by Crippen LogP contribution is -2.12. The molecule has 1 aliphatic heterocycles. The monoisotopic (exact) mass is 294 g/mol. The first-order valence-electron chi connectivity index (χ1n) is 6.78. The van der Waals surface area contributed by atoms with E-state index in [1.807, 2.05) is 30.5 Å². The van der Waals surface area contributed by atoms with Gasteiger partial charge in [-0.3, -0.25) is 0 Å². The molecule has 1 saturated heterocycles. The molecule has 0 unspecified atom stereocenters. The van der Waals surface area contributed by atoms with E-state index in [1.165, 1.54) is 5.56 Å². The molecule has 1 aliphatic rings. The van der Waals surface area contributed by atoms with Crippen molar-refractivity contribution in [3.8, 4) is 0 Å². The molecule has 0 bridgehead atoms. The highest BCUT2D eigenvalue weighted by Crippen LogP contribution is 2.37. The predicted molar refractivity (Wildman–Crippen MR) is 82.9 cm³/mol. The first kappa shape index (κ1) is 15.6. The van der Waals surface area contributed by atoms with E-state index in [0.717, 1.165) is 5.94 Å². The van der Waals surface area contributed by atoms with Gasteiger partial charge in [-0.1, -0.05) is 42.5 Å². The Morgan fingerprint density at radius 1 is 1.30 bits per heavy atom. The van der Waals surface area contributed by atoms with Crippen LogP contribution in [0.3, 0.4) is 0 Å². The standard InChI is InChI=1S/C16H22O3S/c1-16(9-6-10-17-13-20-2)15(19-16)12-18-11-14-7-4-3-5-8-14/h3-9,15H,10-13H2,1-2H3/b9-6-/t15-,16+/m1/s1. The molecule has 4 heteroatoms. The summed E-state index contributed by atoms with van der Waals surface area (Å²) in [4.78, 5) is 0. The van der Waals surface area contributed by atoms with Crippen molar-refractivity contribution < 1.29 is 14.2 Å². The van der Waals surface area contributed by atoms with Gasteiger partial charge in [0.2, 0.25) is 0 Å². The Kier molecular flexibility index (Phi) is 6.10. The zero-order chi connectivity index (χ0) is 14.3. The molecule has 0 aliphatic carbocycles. The second-order valence-corrected chi connectivity index (χ2v) is 5.78. The largest absolute Gasteiger partial charge is 0.374 e. The van der Waals surface area contributed by atoms with E-state index in [1.54, 1.807) is 11.8 Å². The average Bonchev–Trinajstić information content (AvgIpc) is 3.10. The smallest absolute Gasteiger partial charge is 0.114 e. The molecule has 1 aromatic rings. The van der Waals surface area contributed by atoms with Crippen molar-refractivity contribution in [2.24, 2.45) is 0 Å². The van der Waals surface area contributed by atoms with Crippen LogP contribution in [-0.4, -0.2) is 37.1 Å². The third-order valence-electron chi connectivity index (χ3n) is 3.22. The van der Waals surface area contributed by atoms with Gasteiger partial charge in [-0.25, -0.2) is 0 Å². The van der Waals surface area contributed by atoms with Crippen LogP contribution in [0.15, 0.2) is 42.5 Å². The van der Waals surface area contributed by atoms with Crippen LogP contribution in [0.4, 0.5) is 0 Å². The number of ether oxygens (including phenoxy) is 3. The Bertz CT molecular complexity index is 421. The molecule has 0 spiro atoms. The summed E-state index contributed by atoms with van der Waals surface area (Å²) in [6.45, 7) is 3.98. The van der Waals surface area contributed by atoms with Crippen LogP contribution in [0.5, 0.6) is 0 Å². The highest BCUT2D eigenvalue weighted by Gasteiger charge is 2.50. The highest BCUT2D eigenvalue weighted by atomic mass is 32.2. The van der Waals surface area contributed by atoms with Crippen LogP contribution in [0.25, 0.3) is 0 Å². The molecule has 2 rings (SSSR count). The first-order valence-corrected chi connectivity index (χ1v) is 8.18. The van der Waals surface area contributed by atoms with Crippen LogP contribution in [0, 0.1) is 0 Å². The van der Waals surface area contributed by atoms with Gasteiger partial charge >= 0.3 is 0 Å². The Balaban J connectivity index is 1.61. The SMILES string of the molecule is CSCOC/C=C\[C@]1(C)O[C@@H]1COCc1ccccc1. The number of hydrogen-bond acceptors (Lipinski definition) is 4. The summed E-state index contributed by atoms with van der Waals surface area (Å²) in [6.07, 6.45) is 6.27. The summed E-state index contributed by atoms with van der Waals surface area (Å²) in [5, 5.41) is 0. The van der Waals surface area contributed by atoms with Crippen molar-refractivity contribution in [3.63, 3.8) is 0 Å². The van der Waals surface area contributed by atoms with Gasteiger partial charge in [-0.15, -0.1) is 11.8 Å². The Morgan fingerprint density at radius 3 is 2.85 bits per heavy atom. The minimum absolute atomic E-state index is 0.156. The summed E-state index contributed by atoms with van der Waals surface area (Å²) in [6, 6.07) is 10.2. The summed E-state index contributed by atoms with van der Waals surface area (Å²) in [5.74, 6) is 0.728. The minimum Gasteiger partial charge on any atom is -0.374 e. The molecule has 0 amide bonds. The molecule has 1 aromatic carbocycles. The van der Waals surface area contributed by atoms with Gasteiger partial charge in [0.05, 0.1) is 25.8 Å². The molecule has 0 aromatic heterocycles. The van der Waals surface area contributed by atoms with Crippen LogP contribution in [0.2, 0.25) is 0 Å². The fourth-order valence-corrected chi connectivity index (χ4v) is 2.22. The normalized spacial score (nSPS) is 25.2. The van der Waals surface area contributed by atoms with Crippen LogP contribution in [0.1, 0.15) is 12.5 Å². The third-order valence-corrected chi connectivity index (χ3v) is 3.63. The lowest BCUT2D eigenvalue weighted by atomic mass is 10.1. The highest BCUT2D eigenvalue weighted by molar-refractivity contribution is 7.98. The Morgan fingerprint density at radius 2 is 2.10 bits per heavy atom. The van der Waals surface area contributed by atoms with Gasteiger partial charge < -0.3 is 14.2 Å². The molecule has 1 fully saturated rings. The summed E-state index contributed by atoms with van der Waals surface area (Å²) < 4.78 is 16.7. The molecule has 1 heterocycles. The molecule has 0 N–H and O–H groups in total. The predicted octanol–water partition coefficient (Wildman–Crippen LogP) is 3.25. The maximum absolute atomic E-state index is 5.69. The van der Waals surface area contributed by atoms with Crippen molar-refractivity contribution in [1.29, 1.82) is 0 Å². The van der Waals surface area contributed by atoms with E-state index >= 15 is 0 Å². The fraction of sp³-hybridized carbons (Fsp3) is 0.500. The molecule has 2 atom stereocenters. The van der Waals surface area contributed by atoms with E-state index in [0.29, 0.717) is 19.8 Å². The molecule has 110 valence electrons. The average molecular weight is 294 g/mol. The summed E-state index contributed by atoms with van der Waals surface area (Å²) in [5.41, 5.74) is 1.01. The Labute approximate surface area is 125 Å². The lowest BCUT2D eigenvalue weighted by molar-refractivity contribution is 0.104. The number of rotatable bonds is 9. The topological polar surface area (TPSA) is 31.0 Å². The van der Waals surface area contributed by atoms with Crippen molar-refractivity contribution in [1.82, 2.24) is 0 Å². The summed E-state index contributed by atoms with van der Waals surface area (Å²) in [7, 11) is 0. The maximum atomic E-state index is 5.69. The van der Waals surface area contributed by atoms with E-state index in [-0.39, 0.29) is 11.7 Å². The van der Waals surface area contributed by atoms with Crippen molar-refractivity contribution >= 4 is 11.8 Å². The fourth-order valence-electron chi connectivity index (χ4n) is 1.96. The Hall–Kier alpha value is -0.810. The molecule has 20 heavy (non-hydrogen) atoms. The number of hydrogen-bond donors (Lipinski definition) is 0. The second-order valence-electron chi connectivity index (χ2n) is 4.97. The van der Waals surface area contributed by atoms with Crippen LogP contribution >= 0.6 is 11.8 Å². The van der Waals surface area contributed by atoms with E-state index < -0.39 is 0 Å². The number of thioether (sulfide) groups is 1. The van der Waals surface area contributed by atoms with Gasteiger partial charge in [0, 0.05) is 0 Å². The zero-order valence-corrected chi connectivity index (χ0v) is 12.9. The third kappa shape index (κ3) is 4.94. The molecule has 0 saturated carbocycles. The molecule has 3 nitrogen and oxygen atoms in total. The first-order chi connectivity index (χ1) is 9.74. The number of epoxide rings is 1. The van der Waals surface area contributed by atoms with Crippen molar-refractivity contribution in [2.45, 2.75) is 25.2 Å². The number of benzene rings is 1.